The molecule has 3 rings (SSSR count). The molecule has 1 aliphatic rings. The fourth-order valence-electron chi connectivity index (χ4n) is 2.89. The van der Waals surface area contributed by atoms with Crippen LogP contribution in [-0.4, -0.2) is 28.9 Å². The molecule has 3 nitrogen and oxygen atoms in total. The summed E-state index contributed by atoms with van der Waals surface area (Å²) in [6, 6.07) is 8.34. The molecule has 0 radical (unpaired) electrons. The van der Waals surface area contributed by atoms with E-state index < -0.39 is 0 Å². The Morgan fingerprint density at radius 3 is 2.84 bits per heavy atom. The van der Waals surface area contributed by atoms with Crippen LogP contribution in [0.1, 0.15) is 31.2 Å². The van der Waals surface area contributed by atoms with Crippen molar-refractivity contribution in [1.82, 2.24) is 9.88 Å². The Kier molecular flexibility index (Phi) is 3.53. The Balaban J connectivity index is 1.56. The number of fused-ring (bicyclic) bond motifs is 1. The SMILES string of the molecule is O=C(CCCc1c[nH]c2ccccc12)N1CCCC1. The molecule has 1 aromatic carbocycles. The van der Waals surface area contributed by atoms with Gasteiger partial charge in [0, 0.05) is 36.6 Å². The number of aromatic amines is 1. The van der Waals surface area contributed by atoms with E-state index in [4.69, 9.17) is 0 Å². The molecule has 0 aliphatic carbocycles. The first-order valence-electron chi connectivity index (χ1n) is 7.17. The second kappa shape index (κ2) is 5.47. The van der Waals surface area contributed by atoms with E-state index in [1.807, 2.05) is 11.0 Å². The lowest BCUT2D eigenvalue weighted by molar-refractivity contribution is -0.130. The van der Waals surface area contributed by atoms with Gasteiger partial charge in [0.25, 0.3) is 0 Å². The molecule has 19 heavy (non-hydrogen) atoms. The van der Waals surface area contributed by atoms with Gasteiger partial charge in [0.2, 0.25) is 5.91 Å². The molecule has 0 spiro atoms. The van der Waals surface area contributed by atoms with Crippen LogP contribution in [0.5, 0.6) is 0 Å². The van der Waals surface area contributed by atoms with Gasteiger partial charge in [0.05, 0.1) is 0 Å². The molecule has 0 saturated carbocycles. The van der Waals surface area contributed by atoms with Crippen LogP contribution >= 0.6 is 0 Å². The third kappa shape index (κ3) is 2.65. The zero-order valence-corrected chi connectivity index (χ0v) is 11.2. The maximum absolute atomic E-state index is 12.0. The summed E-state index contributed by atoms with van der Waals surface area (Å²) >= 11 is 0. The fourth-order valence-corrected chi connectivity index (χ4v) is 2.89. The molecule has 1 aromatic heterocycles. The van der Waals surface area contributed by atoms with E-state index in [1.165, 1.54) is 29.3 Å². The summed E-state index contributed by atoms with van der Waals surface area (Å²) < 4.78 is 0. The highest BCUT2D eigenvalue weighted by Crippen LogP contribution is 2.20. The minimum Gasteiger partial charge on any atom is -0.361 e. The van der Waals surface area contributed by atoms with Gasteiger partial charge in [-0.15, -0.1) is 0 Å². The van der Waals surface area contributed by atoms with Crippen molar-refractivity contribution in [3.8, 4) is 0 Å². The number of aromatic nitrogens is 1. The molecule has 1 aliphatic heterocycles. The Bertz CT molecular complexity index is 567. The monoisotopic (exact) mass is 256 g/mol. The molecule has 3 heteroatoms. The standard InChI is InChI=1S/C16H20N2O/c19-16(18-10-3-4-11-18)9-5-6-13-12-17-15-8-2-1-7-14(13)15/h1-2,7-8,12,17H,3-6,9-11H2. The van der Waals surface area contributed by atoms with Crippen LogP contribution in [0.2, 0.25) is 0 Å². The maximum atomic E-state index is 12.0. The van der Waals surface area contributed by atoms with Crippen molar-refractivity contribution in [3.05, 3.63) is 36.0 Å². The highest BCUT2D eigenvalue weighted by atomic mass is 16.2. The Morgan fingerprint density at radius 2 is 2.00 bits per heavy atom. The van der Waals surface area contributed by atoms with Gasteiger partial charge in [0.15, 0.2) is 0 Å². The minimum atomic E-state index is 0.331. The van der Waals surface area contributed by atoms with Gasteiger partial charge in [-0.1, -0.05) is 18.2 Å². The molecular formula is C16H20N2O. The van der Waals surface area contributed by atoms with E-state index in [0.717, 1.165) is 25.9 Å². The average molecular weight is 256 g/mol. The molecule has 2 heterocycles. The number of aryl methyl sites for hydroxylation is 1. The lowest BCUT2D eigenvalue weighted by Crippen LogP contribution is -2.27. The number of nitrogens with one attached hydrogen (secondary N) is 1. The summed E-state index contributed by atoms with van der Waals surface area (Å²) in [6.45, 7) is 1.93. The largest absolute Gasteiger partial charge is 0.361 e. The first-order valence-corrected chi connectivity index (χ1v) is 7.17. The van der Waals surface area contributed by atoms with Crippen molar-refractivity contribution in [2.75, 3.05) is 13.1 Å². The second-order valence-electron chi connectivity index (χ2n) is 5.30. The average Bonchev–Trinajstić information content (AvgIpc) is 3.08. The highest BCUT2D eigenvalue weighted by Gasteiger charge is 2.17. The first kappa shape index (κ1) is 12.3. The van der Waals surface area contributed by atoms with E-state index >= 15 is 0 Å². The quantitative estimate of drug-likeness (QED) is 0.896. The molecule has 0 bridgehead atoms. The van der Waals surface area contributed by atoms with Crippen molar-refractivity contribution < 1.29 is 4.79 Å². The first-order chi connectivity index (χ1) is 9.34. The molecule has 1 amide bonds. The van der Waals surface area contributed by atoms with Crippen molar-refractivity contribution in [1.29, 1.82) is 0 Å². The number of nitrogens with zero attached hydrogens (tertiary/aromatic N) is 1. The Hall–Kier alpha value is -1.77. The Labute approximate surface area is 113 Å². The summed E-state index contributed by atoms with van der Waals surface area (Å²) in [5, 5.41) is 1.29. The van der Waals surface area contributed by atoms with E-state index in [2.05, 4.69) is 29.4 Å². The van der Waals surface area contributed by atoms with E-state index in [1.54, 1.807) is 0 Å². The normalized spacial score (nSPS) is 15.3. The third-order valence-electron chi connectivity index (χ3n) is 3.97. The van der Waals surface area contributed by atoms with Gasteiger partial charge in [-0.3, -0.25) is 4.79 Å². The summed E-state index contributed by atoms with van der Waals surface area (Å²) in [5.74, 6) is 0.331. The number of carbonyl (C=O) groups excluding carboxylic acids is 1. The minimum absolute atomic E-state index is 0.331. The second-order valence-corrected chi connectivity index (χ2v) is 5.30. The van der Waals surface area contributed by atoms with E-state index in [-0.39, 0.29) is 0 Å². The van der Waals surface area contributed by atoms with Crippen LogP contribution in [0.4, 0.5) is 0 Å². The number of amides is 1. The van der Waals surface area contributed by atoms with Gasteiger partial charge in [-0.05, 0) is 37.3 Å². The number of hydrogen-bond acceptors (Lipinski definition) is 1. The molecule has 1 saturated heterocycles. The fraction of sp³-hybridized carbons (Fsp3) is 0.438. The molecular weight excluding hydrogens is 236 g/mol. The number of carbonyl (C=O) groups is 1. The zero-order chi connectivity index (χ0) is 13.1. The number of para-hydroxylation sites is 1. The lowest BCUT2D eigenvalue weighted by atomic mass is 10.1. The van der Waals surface area contributed by atoms with Crippen molar-refractivity contribution in [3.63, 3.8) is 0 Å². The van der Waals surface area contributed by atoms with Gasteiger partial charge in [0.1, 0.15) is 0 Å². The number of H-pyrrole nitrogens is 1. The van der Waals surface area contributed by atoms with Gasteiger partial charge in [-0.25, -0.2) is 0 Å². The molecule has 2 aromatic rings. The molecule has 1 N–H and O–H groups in total. The molecule has 100 valence electrons. The van der Waals surface area contributed by atoms with E-state index in [0.29, 0.717) is 12.3 Å². The van der Waals surface area contributed by atoms with Gasteiger partial charge < -0.3 is 9.88 Å². The van der Waals surface area contributed by atoms with Crippen LogP contribution in [0, 0.1) is 0 Å². The summed E-state index contributed by atoms with van der Waals surface area (Å²) in [6.07, 6.45) is 7.02. The van der Waals surface area contributed by atoms with Crippen LogP contribution in [-0.2, 0) is 11.2 Å². The third-order valence-corrected chi connectivity index (χ3v) is 3.97. The van der Waals surface area contributed by atoms with E-state index in [9.17, 15) is 4.79 Å². The van der Waals surface area contributed by atoms with Gasteiger partial charge >= 0.3 is 0 Å². The zero-order valence-electron chi connectivity index (χ0n) is 11.2. The molecule has 0 unspecified atom stereocenters. The van der Waals surface area contributed by atoms with Crippen molar-refractivity contribution in [2.24, 2.45) is 0 Å². The predicted octanol–water partition coefficient (Wildman–Crippen LogP) is 3.11. The summed E-state index contributed by atoms with van der Waals surface area (Å²) in [5.41, 5.74) is 2.51. The predicted molar refractivity (Wildman–Crippen MR) is 77.1 cm³/mol. The summed E-state index contributed by atoms with van der Waals surface area (Å²) in [4.78, 5) is 17.3. The van der Waals surface area contributed by atoms with Crippen LogP contribution in [0.3, 0.4) is 0 Å². The molecule has 1 fully saturated rings. The number of rotatable bonds is 4. The number of benzene rings is 1. The van der Waals surface area contributed by atoms with Crippen molar-refractivity contribution in [2.45, 2.75) is 32.1 Å². The highest BCUT2D eigenvalue weighted by molar-refractivity contribution is 5.83. The van der Waals surface area contributed by atoms with Gasteiger partial charge in [-0.2, -0.15) is 0 Å². The van der Waals surface area contributed by atoms with Crippen LogP contribution in [0.15, 0.2) is 30.5 Å². The topological polar surface area (TPSA) is 36.1 Å². The number of likely N-dealkylation sites (tertiary alicyclic amines) is 1. The maximum Gasteiger partial charge on any atom is 0.222 e. The lowest BCUT2D eigenvalue weighted by Gasteiger charge is -2.14. The molecule has 0 atom stereocenters. The Morgan fingerprint density at radius 1 is 1.21 bits per heavy atom. The number of hydrogen-bond donors (Lipinski definition) is 1. The smallest absolute Gasteiger partial charge is 0.222 e. The van der Waals surface area contributed by atoms with Crippen LogP contribution in [0.25, 0.3) is 10.9 Å². The van der Waals surface area contributed by atoms with Crippen molar-refractivity contribution >= 4 is 16.8 Å². The van der Waals surface area contributed by atoms with Crippen LogP contribution < -0.4 is 0 Å². The summed E-state index contributed by atoms with van der Waals surface area (Å²) in [7, 11) is 0.